The lowest BCUT2D eigenvalue weighted by Gasteiger charge is -2.28. The number of hydrogen-bond acceptors (Lipinski definition) is 7. The van der Waals surface area contributed by atoms with Gasteiger partial charge in [-0.15, -0.1) is 0 Å². The van der Waals surface area contributed by atoms with Crippen molar-refractivity contribution >= 4 is 29.3 Å². The fraction of sp³-hybridized carbons (Fsp3) is 0.303. The Morgan fingerprint density at radius 2 is 1.80 bits per heavy atom. The van der Waals surface area contributed by atoms with Crippen LogP contribution in [0.4, 0.5) is 10.5 Å². The number of nitrogens with one attached hydrogen (secondary N) is 1. The summed E-state index contributed by atoms with van der Waals surface area (Å²) in [7, 11) is 3.05. The Labute approximate surface area is 259 Å². The van der Waals surface area contributed by atoms with E-state index in [1.54, 1.807) is 18.1 Å². The van der Waals surface area contributed by atoms with Crippen molar-refractivity contribution in [3.05, 3.63) is 92.9 Å². The van der Waals surface area contributed by atoms with Crippen LogP contribution in [-0.2, 0) is 18.3 Å². The van der Waals surface area contributed by atoms with Gasteiger partial charge in [-0.1, -0.05) is 48.4 Å². The average Bonchev–Trinajstić information content (AvgIpc) is 3.34. The zero-order chi connectivity index (χ0) is 31.0. The van der Waals surface area contributed by atoms with Gasteiger partial charge in [0, 0.05) is 35.6 Å². The molecule has 1 saturated carbocycles. The highest BCUT2D eigenvalue weighted by Crippen LogP contribution is 2.40. The molecule has 226 valence electrons. The Bertz CT molecular complexity index is 1820. The third kappa shape index (κ3) is 5.41. The molecule has 1 saturated heterocycles. The molecule has 2 atom stereocenters. The van der Waals surface area contributed by atoms with Crippen LogP contribution in [-0.4, -0.2) is 50.9 Å². The van der Waals surface area contributed by atoms with E-state index >= 15 is 0 Å². The predicted octanol–water partition coefficient (Wildman–Crippen LogP) is 6.00. The molecule has 2 amide bonds. The van der Waals surface area contributed by atoms with Crippen LogP contribution >= 0.6 is 11.6 Å². The van der Waals surface area contributed by atoms with Gasteiger partial charge in [0.25, 0.3) is 11.5 Å². The quantitative estimate of drug-likeness (QED) is 0.272. The maximum atomic E-state index is 13.0. The maximum absolute atomic E-state index is 13.0. The molecule has 0 spiro atoms. The van der Waals surface area contributed by atoms with Crippen molar-refractivity contribution in [3.8, 4) is 28.3 Å². The fourth-order valence-electron chi connectivity index (χ4n) is 6.05. The highest BCUT2D eigenvalue weighted by atomic mass is 35.5. The second-order valence-corrected chi connectivity index (χ2v) is 11.4. The monoisotopic (exact) mass is 613 g/mol. The first kappa shape index (κ1) is 29.4. The molecule has 4 aromatic rings. The highest BCUT2D eigenvalue weighted by Gasteiger charge is 2.43. The van der Waals surface area contributed by atoms with E-state index in [4.69, 9.17) is 26.1 Å². The standard InChI is InChI=1S/C33H32ClN5O5/c1-19-21(8-7-11-25(19)36-30(40)24-16-17-35-38(2)32(24)41)22-9-6-10-23(29(22)34)26-15-14-20(31(37-26)43-3)18-39-27-12-4-5-13-28(27)44-33(39)42/h6-11,14-17,27-28H,4-5,12-13,18H2,1-3H3,(H,36,40). The number of methoxy groups -OCH3 is 1. The minimum Gasteiger partial charge on any atom is -0.481 e. The lowest BCUT2D eigenvalue weighted by atomic mass is 9.92. The van der Waals surface area contributed by atoms with Crippen LogP contribution < -0.4 is 15.6 Å². The molecular weight excluding hydrogens is 582 g/mol. The molecule has 0 radical (unpaired) electrons. The Hall–Kier alpha value is -4.70. The molecule has 1 aliphatic carbocycles. The first-order valence-electron chi connectivity index (χ1n) is 14.5. The summed E-state index contributed by atoms with van der Waals surface area (Å²) in [6.45, 7) is 2.24. The number of pyridine rings is 1. The van der Waals surface area contributed by atoms with Crippen LogP contribution in [0.1, 0.15) is 47.2 Å². The zero-order valence-electron chi connectivity index (χ0n) is 24.7. The lowest BCUT2D eigenvalue weighted by molar-refractivity contribution is 0.102. The van der Waals surface area contributed by atoms with Crippen molar-refractivity contribution < 1.29 is 19.1 Å². The topological polar surface area (TPSA) is 116 Å². The summed E-state index contributed by atoms with van der Waals surface area (Å²) in [6.07, 6.45) is 5.06. The number of aromatic nitrogens is 3. The number of nitrogens with zero attached hydrogens (tertiary/aromatic N) is 4. The van der Waals surface area contributed by atoms with E-state index in [-0.39, 0.29) is 23.8 Å². The largest absolute Gasteiger partial charge is 0.481 e. The molecule has 44 heavy (non-hydrogen) atoms. The van der Waals surface area contributed by atoms with Crippen molar-refractivity contribution in [1.82, 2.24) is 19.7 Å². The van der Waals surface area contributed by atoms with Gasteiger partial charge in [-0.25, -0.2) is 14.5 Å². The molecule has 3 heterocycles. The summed E-state index contributed by atoms with van der Waals surface area (Å²) in [5.74, 6) is -0.107. The van der Waals surface area contributed by atoms with E-state index < -0.39 is 11.5 Å². The summed E-state index contributed by atoms with van der Waals surface area (Å²) in [5.41, 5.74) is 4.53. The number of benzene rings is 2. The van der Waals surface area contributed by atoms with Gasteiger partial charge in [-0.05, 0) is 61.6 Å². The second-order valence-electron chi connectivity index (χ2n) is 11.0. The van der Waals surface area contributed by atoms with Crippen LogP contribution in [0.2, 0.25) is 5.02 Å². The molecule has 1 N–H and O–H groups in total. The van der Waals surface area contributed by atoms with Gasteiger partial charge in [-0.2, -0.15) is 5.10 Å². The number of anilines is 1. The number of carbonyl (C=O) groups excluding carboxylic acids is 2. The van der Waals surface area contributed by atoms with E-state index in [1.165, 1.54) is 19.3 Å². The third-order valence-corrected chi connectivity index (χ3v) is 8.83. The minimum atomic E-state index is -0.523. The highest BCUT2D eigenvalue weighted by molar-refractivity contribution is 6.36. The van der Waals surface area contributed by atoms with Crippen LogP contribution in [0, 0.1) is 6.92 Å². The average molecular weight is 614 g/mol. The Balaban J connectivity index is 1.28. The van der Waals surface area contributed by atoms with Crippen molar-refractivity contribution in [2.45, 2.75) is 51.3 Å². The number of aryl methyl sites for hydroxylation is 1. The first-order valence-corrected chi connectivity index (χ1v) is 14.9. The number of carbonyl (C=O) groups is 2. The van der Waals surface area contributed by atoms with E-state index in [0.717, 1.165) is 52.6 Å². The number of halogens is 1. The van der Waals surface area contributed by atoms with Gasteiger partial charge in [0.1, 0.15) is 11.7 Å². The summed E-state index contributed by atoms with van der Waals surface area (Å²) in [4.78, 5) is 44.6. The zero-order valence-corrected chi connectivity index (χ0v) is 25.4. The third-order valence-electron chi connectivity index (χ3n) is 8.42. The number of fused-ring (bicyclic) bond motifs is 1. The van der Waals surface area contributed by atoms with E-state index in [0.29, 0.717) is 34.4 Å². The molecule has 2 unspecified atom stereocenters. The summed E-state index contributed by atoms with van der Waals surface area (Å²) in [6, 6.07) is 16.5. The smallest absolute Gasteiger partial charge is 0.410 e. The second kappa shape index (κ2) is 12.1. The van der Waals surface area contributed by atoms with Crippen LogP contribution in [0.3, 0.4) is 0 Å². The molecule has 2 aliphatic rings. The molecule has 6 rings (SSSR count). The van der Waals surface area contributed by atoms with Gasteiger partial charge in [0.2, 0.25) is 5.88 Å². The van der Waals surface area contributed by atoms with Gasteiger partial charge >= 0.3 is 6.09 Å². The van der Waals surface area contributed by atoms with E-state index in [1.807, 2.05) is 49.4 Å². The molecule has 2 aromatic heterocycles. The molecule has 2 aromatic carbocycles. The molecule has 11 heteroatoms. The van der Waals surface area contributed by atoms with Crippen LogP contribution in [0.5, 0.6) is 5.88 Å². The number of amides is 2. The minimum absolute atomic E-state index is 0.00372. The molecule has 1 aliphatic heterocycles. The Morgan fingerprint density at radius 1 is 1.05 bits per heavy atom. The SMILES string of the molecule is COc1nc(-c2cccc(-c3cccc(NC(=O)c4ccnn(C)c4=O)c3C)c2Cl)ccc1CN1C(=O)OC2CCCCC21. The fourth-order valence-corrected chi connectivity index (χ4v) is 6.38. The molecule has 10 nitrogen and oxygen atoms in total. The van der Waals surface area contributed by atoms with Crippen molar-refractivity contribution in [3.63, 3.8) is 0 Å². The van der Waals surface area contributed by atoms with E-state index in [9.17, 15) is 14.4 Å². The first-order chi connectivity index (χ1) is 21.3. The van der Waals surface area contributed by atoms with Gasteiger partial charge < -0.3 is 14.8 Å². The molecule has 0 bridgehead atoms. The Kier molecular flexibility index (Phi) is 8.09. The normalized spacial score (nSPS) is 17.6. The summed E-state index contributed by atoms with van der Waals surface area (Å²) in [5, 5.41) is 7.21. The van der Waals surface area contributed by atoms with Crippen LogP contribution in [0.15, 0.2) is 65.6 Å². The molecule has 2 fully saturated rings. The number of hydrogen-bond donors (Lipinski definition) is 1. The Morgan fingerprint density at radius 3 is 2.61 bits per heavy atom. The number of rotatable bonds is 7. The predicted molar refractivity (Wildman–Crippen MR) is 167 cm³/mol. The van der Waals surface area contributed by atoms with E-state index in [2.05, 4.69) is 10.4 Å². The lowest BCUT2D eigenvalue weighted by Crippen LogP contribution is -2.38. The maximum Gasteiger partial charge on any atom is 0.410 e. The van der Waals surface area contributed by atoms with Gasteiger partial charge in [0.15, 0.2) is 0 Å². The summed E-state index contributed by atoms with van der Waals surface area (Å²) < 4.78 is 12.4. The van der Waals surface area contributed by atoms with Gasteiger partial charge in [0.05, 0.1) is 30.4 Å². The number of ether oxygens (including phenoxy) is 2. The van der Waals surface area contributed by atoms with Crippen LogP contribution in [0.25, 0.3) is 22.4 Å². The molecular formula is C33H32ClN5O5. The summed E-state index contributed by atoms with van der Waals surface area (Å²) >= 11 is 7.02. The van der Waals surface area contributed by atoms with Crippen molar-refractivity contribution in [2.75, 3.05) is 12.4 Å². The van der Waals surface area contributed by atoms with Crippen molar-refractivity contribution in [1.29, 1.82) is 0 Å². The van der Waals surface area contributed by atoms with Gasteiger partial charge in [-0.3, -0.25) is 14.5 Å². The van der Waals surface area contributed by atoms with Crippen molar-refractivity contribution in [2.24, 2.45) is 7.05 Å².